The van der Waals surface area contributed by atoms with Crippen molar-refractivity contribution in [2.24, 2.45) is 4.99 Å². The predicted molar refractivity (Wildman–Crippen MR) is 162 cm³/mol. The molecule has 2 aromatic heterocycles. The molecule has 6 rings (SSSR count). The van der Waals surface area contributed by atoms with Gasteiger partial charge in [0.25, 0.3) is 5.56 Å². The van der Waals surface area contributed by atoms with Crippen LogP contribution in [0.3, 0.4) is 0 Å². The number of hydrogen-bond donors (Lipinski definition) is 0. The molecule has 1 atom stereocenters. The summed E-state index contributed by atoms with van der Waals surface area (Å²) in [4.78, 5) is 37.6. The third-order valence-corrected chi connectivity index (χ3v) is 8.47. The molecule has 42 heavy (non-hydrogen) atoms. The number of benzene rings is 2. The largest absolute Gasteiger partial charge is 0.497 e. The van der Waals surface area contributed by atoms with Crippen molar-refractivity contribution in [2.45, 2.75) is 13.0 Å². The van der Waals surface area contributed by atoms with Gasteiger partial charge in [-0.2, -0.15) is 0 Å². The highest BCUT2D eigenvalue weighted by atomic mass is 32.1. The average molecular weight is 585 g/mol. The van der Waals surface area contributed by atoms with Crippen LogP contribution in [-0.4, -0.2) is 62.4 Å². The fourth-order valence-corrected chi connectivity index (χ4v) is 6.29. The summed E-state index contributed by atoms with van der Waals surface area (Å²) in [5, 5.41) is 0. The maximum Gasteiger partial charge on any atom is 0.338 e. The lowest BCUT2D eigenvalue weighted by Crippen LogP contribution is -2.44. The lowest BCUT2D eigenvalue weighted by atomic mass is 9.93. The van der Waals surface area contributed by atoms with Crippen molar-refractivity contribution >= 4 is 35.0 Å². The molecule has 10 heteroatoms. The van der Waals surface area contributed by atoms with Crippen LogP contribution in [0, 0.1) is 0 Å². The molecule has 4 aromatic rings. The molecular formula is C32H32N4O5S. The van der Waals surface area contributed by atoms with Crippen LogP contribution in [0.15, 0.2) is 86.5 Å². The van der Waals surface area contributed by atoms with E-state index < -0.39 is 12.0 Å². The Balaban J connectivity index is 1.52. The average Bonchev–Trinajstić information content (AvgIpc) is 3.61. The number of ether oxygens (including phenoxy) is 2. The van der Waals surface area contributed by atoms with E-state index in [1.165, 1.54) is 11.3 Å². The molecule has 0 bridgehead atoms. The minimum Gasteiger partial charge on any atom is -0.497 e. The standard InChI is InChI=1S/C32H32N4O5S/c1-4-40-31(38)27-28(21-9-6-5-7-10-21)33-32-36(29(27)22-11-8-12-23(19-22)39-3)30(37)25(42-32)20-24-13-14-26(41-24)35-17-15-34(2)16-18-35/h5-14,19-20,29H,4,15-18H2,1-3H3/b25-20-/t29-/m0/s1. The van der Waals surface area contributed by atoms with Crippen molar-refractivity contribution in [2.75, 3.05) is 51.8 Å². The Labute approximate surface area is 247 Å². The van der Waals surface area contributed by atoms with Gasteiger partial charge in [0.15, 0.2) is 10.7 Å². The van der Waals surface area contributed by atoms with Crippen LogP contribution in [0.4, 0.5) is 5.88 Å². The predicted octanol–water partition coefficient (Wildman–Crippen LogP) is 3.29. The molecule has 2 aromatic carbocycles. The van der Waals surface area contributed by atoms with Crippen molar-refractivity contribution in [3.8, 4) is 5.75 Å². The molecule has 2 aliphatic rings. The number of hydrogen-bond acceptors (Lipinski definition) is 9. The number of carbonyl (C=O) groups excluding carboxylic acids is 1. The van der Waals surface area contributed by atoms with Gasteiger partial charge in [0, 0.05) is 43.9 Å². The molecule has 9 nitrogen and oxygen atoms in total. The first-order chi connectivity index (χ1) is 20.5. The van der Waals surface area contributed by atoms with Gasteiger partial charge in [-0.15, -0.1) is 0 Å². The van der Waals surface area contributed by atoms with Crippen LogP contribution in [0.25, 0.3) is 11.8 Å². The second kappa shape index (κ2) is 11.8. The molecule has 0 amide bonds. The second-order valence-electron chi connectivity index (χ2n) is 10.2. The zero-order valence-corrected chi connectivity index (χ0v) is 24.6. The highest BCUT2D eigenvalue weighted by Crippen LogP contribution is 2.36. The third kappa shape index (κ3) is 5.31. The van der Waals surface area contributed by atoms with E-state index in [2.05, 4.69) is 16.8 Å². The number of furan rings is 1. The van der Waals surface area contributed by atoms with E-state index in [0.717, 1.165) is 37.6 Å². The molecule has 0 unspecified atom stereocenters. The van der Waals surface area contributed by atoms with Crippen molar-refractivity contribution < 1.29 is 18.7 Å². The summed E-state index contributed by atoms with van der Waals surface area (Å²) in [6.45, 7) is 5.64. The molecule has 216 valence electrons. The summed E-state index contributed by atoms with van der Waals surface area (Å²) >= 11 is 1.27. The van der Waals surface area contributed by atoms with Gasteiger partial charge in [-0.05, 0) is 37.7 Å². The van der Waals surface area contributed by atoms with Crippen molar-refractivity contribution in [3.63, 3.8) is 0 Å². The molecular weight excluding hydrogens is 552 g/mol. The fourth-order valence-electron chi connectivity index (χ4n) is 5.31. The number of likely N-dealkylation sites (N-methyl/N-ethyl adjacent to an activating group) is 1. The Morgan fingerprint density at radius 2 is 1.86 bits per heavy atom. The summed E-state index contributed by atoms with van der Waals surface area (Å²) in [5.74, 6) is 1.46. The normalized spacial score (nSPS) is 17.6. The van der Waals surface area contributed by atoms with Gasteiger partial charge in [0.1, 0.15) is 11.5 Å². The molecule has 0 N–H and O–H groups in total. The van der Waals surface area contributed by atoms with Crippen LogP contribution in [0.1, 0.15) is 29.9 Å². The Bertz CT molecular complexity index is 1810. The van der Waals surface area contributed by atoms with E-state index in [1.54, 1.807) is 24.7 Å². The first kappa shape index (κ1) is 27.7. The second-order valence-corrected chi connectivity index (χ2v) is 11.2. The molecule has 1 saturated heterocycles. The maximum absolute atomic E-state index is 14.1. The molecule has 2 aliphatic heterocycles. The summed E-state index contributed by atoms with van der Waals surface area (Å²) in [5.41, 5.74) is 1.98. The Morgan fingerprint density at radius 1 is 1.07 bits per heavy atom. The maximum atomic E-state index is 14.1. The quantitative estimate of drug-likeness (QED) is 0.308. The Morgan fingerprint density at radius 3 is 2.60 bits per heavy atom. The van der Waals surface area contributed by atoms with Gasteiger partial charge >= 0.3 is 5.97 Å². The summed E-state index contributed by atoms with van der Waals surface area (Å²) in [7, 11) is 3.70. The van der Waals surface area contributed by atoms with Crippen molar-refractivity contribution in [1.82, 2.24) is 9.47 Å². The number of piperazine rings is 1. The Hall–Kier alpha value is -4.41. The number of thiazole rings is 1. The number of nitrogens with zero attached hydrogens (tertiary/aromatic N) is 4. The van der Waals surface area contributed by atoms with E-state index in [-0.39, 0.29) is 12.2 Å². The van der Waals surface area contributed by atoms with E-state index >= 15 is 0 Å². The van der Waals surface area contributed by atoms with Gasteiger partial charge in [-0.3, -0.25) is 9.36 Å². The van der Waals surface area contributed by atoms with Crippen LogP contribution >= 0.6 is 11.3 Å². The van der Waals surface area contributed by atoms with Crippen LogP contribution in [0.5, 0.6) is 5.75 Å². The van der Waals surface area contributed by atoms with Gasteiger partial charge in [0.05, 0.1) is 35.6 Å². The number of aromatic nitrogens is 1. The van der Waals surface area contributed by atoms with E-state index in [0.29, 0.717) is 37.7 Å². The number of rotatable bonds is 7. The van der Waals surface area contributed by atoms with E-state index in [4.69, 9.17) is 18.9 Å². The number of methoxy groups -OCH3 is 1. The summed E-state index contributed by atoms with van der Waals surface area (Å²) in [6, 6.07) is 19.9. The minimum atomic E-state index is -0.773. The highest BCUT2D eigenvalue weighted by molar-refractivity contribution is 7.07. The summed E-state index contributed by atoms with van der Waals surface area (Å²) in [6.07, 6.45) is 1.75. The van der Waals surface area contributed by atoms with Gasteiger partial charge in [0.2, 0.25) is 0 Å². The zero-order chi connectivity index (χ0) is 29.2. The fraction of sp³-hybridized carbons (Fsp3) is 0.281. The number of fused-ring (bicyclic) bond motifs is 1. The van der Waals surface area contributed by atoms with Gasteiger partial charge < -0.3 is 23.7 Å². The topological polar surface area (TPSA) is 89.5 Å². The molecule has 1 fully saturated rings. The SMILES string of the molecule is CCOC(=O)C1=C(c2ccccc2)N=c2s/c(=C\c3ccc(N4CCN(C)CC4)o3)c(=O)n2[C@H]1c1cccc(OC)c1. The molecule has 0 radical (unpaired) electrons. The highest BCUT2D eigenvalue weighted by Gasteiger charge is 2.35. The molecule has 0 aliphatic carbocycles. The van der Waals surface area contributed by atoms with Crippen molar-refractivity contribution in [1.29, 1.82) is 0 Å². The van der Waals surface area contributed by atoms with Crippen LogP contribution in [-0.2, 0) is 9.53 Å². The smallest absolute Gasteiger partial charge is 0.338 e. The lowest BCUT2D eigenvalue weighted by molar-refractivity contribution is -0.138. The Kier molecular flexibility index (Phi) is 7.82. The van der Waals surface area contributed by atoms with Crippen molar-refractivity contribution in [3.05, 3.63) is 109 Å². The molecule has 4 heterocycles. The van der Waals surface area contributed by atoms with E-state index in [9.17, 15) is 9.59 Å². The first-order valence-electron chi connectivity index (χ1n) is 13.9. The molecule has 0 spiro atoms. The molecule has 0 saturated carbocycles. The monoisotopic (exact) mass is 584 g/mol. The van der Waals surface area contributed by atoms with Gasteiger partial charge in [-0.25, -0.2) is 9.79 Å². The minimum absolute atomic E-state index is 0.188. The van der Waals surface area contributed by atoms with E-state index in [1.807, 2.05) is 66.7 Å². The first-order valence-corrected chi connectivity index (χ1v) is 14.7. The number of anilines is 1. The number of esters is 1. The summed E-state index contributed by atoms with van der Waals surface area (Å²) < 4.78 is 19.2. The lowest BCUT2D eigenvalue weighted by Gasteiger charge is -2.32. The van der Waals surface area contributed by atoms with Crippen LogP contribution in [0.2, 0.25) is 0 Å². The van der Waals surface area contributed by atoms with Gasteiger partial charge in [-0.1, -0.05) is 53.8 Å². The zero-order valence-electron chi connectivity index (χ0n) is 23.8. The number of carbonyl (C=O) groups is 1. The third-order valence-electron chi connectivity index (χ3n) is 7.48. The van der Waals surface area contributed by atoms with Crippen LogP contribution < -0.4 is 24.5 Å².